The van der Waals surface area contributed by atoms with E-state index in [-0.39, 0.29) is 23.2 Å². The van der Waals surface area contributed by atoms with Crippen LogP contribution in [0.4, 0.5) is 5.69 Å². The highest BCUT2D eigenvalue weighted by molar-refractivity contribution is 8.14. The number of carbonyl (C=O) groups excluding carboxylic acids is 2. The van der Waals surface area contributed by atoms with E-state index >= 15 is 0 Å². The molecule has 5 nitrogen and oxygen atoms in total. The van der Waals surface area contributed by atoms with Gasteiger partial charge in [0.25, 0.3) is 0 Å². The molecule has 0 fully saturated rings. The molecule has 1 N–H and O–H groups in total. The topological polar surface area (TPSA) is 74.7 Å². The van der Waals surface area contributed by atoms with E-state index in [1.54, 1.807) is 49.4 Å². The first-order chi connectivity index (χ1) is 12.9. The third kappa shape index (κ3) is 4.17. The summed E-state index contributed by atoms with van der Waals surface area (Å²) in [6.45, 7) is 1.71. The smallest absolute Gasteiger partial charge is 0.327 e. The van der Waals surface area contributed by atoms with Crippen LogP contribution in [0.25, 0.3) is 0 Å². The molecular formula is C20H18ClNO4S. The number of halogens is 1. The van der Waals surface area contributed by atoms with Crippen molar-refractivity contribution in [3.8, 4) is 0 Å². The van der Waals surface area contributed by atoms with Crippen LogP contribution in [0.1, 0.15) is 22.8 Å². The molecule has 3 rings (SSSR count). The van der Waals surface area contributed by atoms with Gasteiger partial charge in [0.05, 0.1) is 0 Å². The first-order valence-corrected chi connectivity index (χ1v) is 9.81. The Morgan fingerprint density at radius 2 is 1.93 bits per heavy atom. The van der Waals surface area contributed by atoms with Crippen molar-refractivity contribution < 1.29 is 19.5 Å². The summed E-state index contributed by atoms with van der Waals surface area (Å²) in [5.41, 5.74) is 1.89. The average molecular weight is 404 g/mol. The number of thioether (sulfide) groups is 1. The molecule has 2 atom stereocenters. The van der Waals surface area contributed by atoms with E-state index in [1.165, 1.54) is 4.90 Å². The minimum absolute atomic E-state index is 0.112. The quantitative estimate of drug-likeness (QED) is 0.819. The Morgan fingerprint density at radius 3 is 2.59 bits per heavy atom. The second kappa shape index (κ2) is 8.15. The number of fused-ring (bicyclic) bond motifs is 1. The highest BCUT2D eigenvalue weighted by Crippen LogP contribution is 2.35. The summed E-state index contributed by atoms with van der Waals surface area (Å²) in [5, 5.41) is 9.93. The monoisotopic (exact) mass is 403 g/mol. The second-order valence-electron chi connectivity index (χ2n) is 6.40. The fraction of sp³-hybridized carbons (Fsp3) is 0.250. The fourth-order valence-electron chi connectivity index (χ4n) is 3.06. The van der Waals surface area contributed by atoms with E-state index in [2.05, 4.69) is 0 Å². The van der Waals surface area contributed by atoms with Gasteiger partial charge < -0.3 is 5.11 Å². The van der Waals surface area contributed by atoms with Gasteiger partial charge in [-0.05, 0) is 23.8 Å². The minimum Gasteiger partial charge on any atom is -0.480 e. The maximum Gasteiger partial charge on any atom is 0.327 e. The van der Waals surface area contributed by atoms with Crippen molar-refractivity contribution in [3.63, 3.8) is 0 Å². The zero-order valence-electron chi connectivity index (χ0n) is 14.6. The molecule has 1 heterocycles. The lowest BCUT2D eigenvalue weighted by Crippen LogP contribution is -2.45. The van der Waals surface area contributed by atoms with Crippen LogP contribution in [-0.4, -0.2) is 33.9 Å². The van der Waals surface area contributed by atoms with Gasteiger partial charge in [-0.2, -0.15) is 0 Å². The lowest BCUT2D eigenvalue weighted by atomic mass is 10.1. The lowest BCUT2D eigenvalue weighted by molar-refractivity contribution is -0.140. The summed E-state index contributed by atoms with van der Waals surface area (Å²) in [5.74, 6) is -1.60. The molecule has 0 aromatic heterocycles. The van der Waals surface area contributed by atoms with Crippen LogP contribution >= 0.6 is 23.4 Å². The number of amides is 1. The Bertz CT molecular complexity index is 887. The number of carboxylic acid groups (broad SMARTS) is 1. The Balaban J connectivity index is 1.73. The largest absolute Gasteiger partial charge is 0.480 e. The SMILES string of the molecule is CC(CSC(=O)c1ccccc1)C(=O)N1c2ccc(Cl)cc2CC1C(=O)O. The fourth-order valence-corrected chi connectivity index (χ4v) is 4.10. The normalized spacial score (nSPS) is 16.7. The van der Waals surface area contributed by atoms with Crippen molar-refractivity contribution in [2.45, 2.75) is 19.4 Å². The number of nitrogens with zero attached hydrogens (tertiary/aromatic N) is 1. The van der Waals surface area contributed by atoms with Crippen LogP contribution < -0.4 is 4.90 Å². The Labute approximate surface area is 166 Å². The number of benzene rings is 2. The molecule has 1 amide bonds. The first-order valence-electron chi connectivity index (χ1n) is 8.45. The molecule has 0 saturated carbocycles. The molecule has 0 radical (unpaired) electrons. The summed E-state index contributed by atoms with van der Waals surface area (Å²) in [6, 6.07) is 12.9. The van der Waals surface area contributed by atoms with Gasteiger partial charge in [0.1, 0.15) is 6.04 Å². The molecule has 0 bridgehead atoms. The summed E-state index contributed by atoms with van der Waals surface area (Å²) in [4.78, 5) is 38.2. The van der Waals surface area contributed by atoms with Gasteiger partial charge in [-0.3, -0.25) is 14.5 Å². The summed E-state index contributed by atoms with van der Waals surface area (Å²) >= 11 is 7.05. The van der Waals surface area contributed by atoms with E-state index in [9.17, 15) is 19.5 Å². The first kappa shape index (κ1) is 19.5. The third-order valence-corrected chi connectivity index (χ3v) is 5.84. The zero-order valence-corrected chi connectivity index (χ0v) is 16.2. The molecule has 0 saturated heterocycles. The van der Waals surface area contributed by atoms with Crippen molar-refractivity contribution in [1.82, 2.24) is 0 Å². The zero-order chi connectivity index (χ0) is 19.6. The maximum atomic E-state index is 13.0. The number of hydrogen-bond donors (Lipinski definition) is 1. The van der Waals surface area contributed by atoms with E-state index in [0.29, 0.717) is 16.3 Å². The van der Waals surface area contributed by atoms with Crippen molar-refractivity contribution in [1.29, 1.82) is 0 Å². The number of carbonyl (C=O) groups is 3. The van der Waals surface area contributed by atoms with E-state index in [4.69, 9.17) is 11.6 Å². The van der Waals surface area contributed by atoms with Crippen LogP contribution in [0.3, 0.4) is 0 Å². The molecule has 140 valence electrons. The highest BCUT2D eigenvalue weighted by atomic mass is 35.5. The molecule has 2 unspecified atom stereocenters. The molecule has 2 aromatic carbocycles. The standard InChI is InChI=1S/C20H18ClNO4S/c1-12(11-27-20(26)13-5-3-2-4-6-13)18(23)22-16-8-7-15(21)9-14(16)10-17(22)19(24)25/h2-9,12,17H,10-11H2,1H3,(H,24,25). The minimum atomic E-state index is -1.06. The van der Waals surface area contributed by atoms with Gasteiger partial charge in [-0.15, -0.1) is 0 Å². The van der Waals surface area contributed by atoms with Gasteiger partial charge >= 0.3 is 5.97 Å². The number of hydrogen-bond acceptors (Lipinski definition) is 4. The molecular weight excluding hydrogens is 386 g/mol. The summed E-state index contributed by atoms with van der Waals surface area (Å²) < 4.78 is 0. The molecule has 7 heteroatoms. The van der Waals surface area contributed by atoms with Crippen molar-refractivity contribution in [2.75, 3.05) is 10.7 Å². The van der Waals surface area contributed by atoms with Crippen LogP contribution in [0.15, 0.2) is 48.5 Å². The predicted molar refractivity (Wildman–Crippen MR) is 106 cm³/mol. The van der Waals surface area contributed by atoms with Crippen molar-refractivity contribution in [2.24, 2.45) is 5.92 Å². The van der Waals surface area contributed by atoms with Crippen molar-refractivity contribution in [3.05, 3.63) is 64.7 Å². The molecule has 1 aliphatic rings. The van der Waals surface area contributed by atoms with Gasteiger partial charge in [-0.1, -0.05) is 60.6 Å². The molecule has 2 aromatic rings. The van der Waals surface area contributed by atoms with Crippen LogP contribution in [-0.2, 0) is 16.0 Å². The van der Waals surface area contributed by atoms with E-state index < -0.39 is 17.9 Å². The second-order valence-corrected chi connectivity index (χ2v) is 7.83. The molecule has 0 aliphatic carbocycles. The number of aliphatic carboxylic acids is 1. The van der Waals surface area contributed by atoms with Crippen LogP contribution in [0.2, 0.25) is 5.02 Å². The Morgan fingerprint density at radius 1 is 1.22 bits per heavy atom. The Hall–Kier alpha value is -2.31. The van der Waals surface area contributed by atoms with Crippen LogP contribution in [0, 0.1) is 5.92 Å². The molecule has 0 spiro atoms. The lowest BCUT2D eigenvalue weighted by Gasteiger charge is -2.25. The summed E-state index contributed by atoms with van der Waals surface area (Å²) in [6.07, 6.45) is 0.222. The summed E-state index contributed by atoms with van der Waals surface area (Å²) in [7, 11) is 0. The maximum absolute atomic E-state index is 13.0. The molecule has 27 heavy (non-hydrogen) atoms. The average Bonchev–Trinajstić information content (AvgIpc) is 3.04. The third-order valence-electron chi connectivity index (χ3n) is 4.44. The van der Waals surface area contributed by atoms with Gasteiger partial charge in [-0.25, -0.2) is 4.79 Å². The number of rotatable bonds is 5. The number of carboxylic acids is 1. The van der Waals surface area contributed by atoms with E-state index in [0.717, 1.165) is 17.3 Å². The number of anilines is 1. The van der Waals surface area contributed by atoms with E-state index in [1.807, 2.05) is 6.07 Å². The van der Waals surface area contributed by atoms with Crippen LogP contribution in [0.5, 0.6) is 0 Å². The van der Waals surface area contributed by atoms with Gasteiger partial charge in [0, 0.05) is 34.4 Å². The van der Waals surface area contributed by atoms with Gasteiger partial charge in [0.15, 0.2) is 0 Å². The van der Waals surface area contributed by atoms with Gasteiger partial charge in [0.2, 0.25) is 11.0 Å². The predicted octanol–water partition coefficient (Wildman–Crippen LogP) is 3.89. The highest BCUT2D eigenvalue weighted by Gasteiger charge is 2.40. The molecule has 1 aliphatic heterocycles. The Kier molecular flexibility index (Phi) is 5.87. The van der Waals surface area contributed by atoms with Crippen molar-refractivity contribution >= 4 is 46.0 Å².